The minimum Gasteiger partial charge on any atom is -0.297 e. The van der Waals surface area contributed by atoms with Crippen LogP contribution in [0.5, 0.6) is 0 Å². The van der Waals surface area contributed by atoms with Crippen LogP contribution in [0.3, 0.4) is 0 Å². The maximum absolute atomic E-state index is 10.7. The summed E-state index contributed by atoms with van der Waals surface area (Å²) in [6, 6.07) is 3.41. The summed E-state index contributed by atoms with van der Waals surface area (Å²) in [5, 5.41) is 0. The van der Waals surface area contributed by atoms with E-state index in [1.165, 1.54) is 23.3 Å². The first-order valence-electron chi connectivity index (χ1n) is 5.09. The first-order chi connectivity index (χ1) is 6.79. The summed E-state index contributed by atoms with van der Waals surface area (Å²) in [5.41, 5.74) is 1.42. The van der Waals surface area contributed by atoms with Crippen molar-refractivity contribution in [3.05, 3.63) is 21.4 Å². The van der Waals surface area contributed by atoms with Gasteiger partial charge in [0.1, 0.15) is 0 Å². The van der Waals surface area contributed by atoms with Gasteiger partial charge in [-0.15, -0.1) is 11.3 Å². The molecule has 3 heterocycles. The lowest BCUT2D eigenvalue weighted by atomic mass is 10.0. The van der Waals surface area contributed by atoms with Crippen molar-refractivity contribution in [1.82, 2.24) is 4.90 Å². The summed E-state index contributed by atoms with van der Waals surface area (Å²) in [5.74, 6) is 0. The molecule has 1 aromatic heterocycles. The van der Waals surface area contributed by atoms with Crippen LogP contribution in [-0.4, -0.2) is 24.3 Å². The summed E-state index contributed by atoms with van der Waals surface area (Å²) in [6.07, 6.45) is 4.72. The Morgan fingerprint density at radius 3 is 3.21 bits per heavy atom. The Bertz CT molecular complexity index is 385. The number of carbonyl (C=O) groups is 1. The average Bonchev–Trinajstić information content (AvgIpc) is 2.69. The Hall–Kier alpha value is -0.670. The van der Waals surface area contributed by atoms with Crippen molar-refractivity contribution in [3.8, 4) is 0 Å². The van der Waals surface area contributed by atoms with Crippen molar-refractivity contribution in [2.75, 3.05) is 7.05 Å². The Balaban J connectivity index is 2.09. The molecule has 0 amide bonds. The molecule has 3 heteroatoms. The van der Waals surface area contributed by atoms with Gasteiger partial charge in [-0.3, -0.25) is 9.69 Å². The molecule has 2 atom stereocenters. The maximum atomic E-state index is 10.7. The fourth-order valence-corrected chi connectivity index (χ4v) is 3.92. The normalized spacial score (nSPS) is 30.4. The highest BCUT2D eigenvalue weighted by Crippen LogP contribution is 2.45. The maximum Gasteiger partial charge on any atom is 0.160 e. The topological polar surface area (TPSA) is 20.3 Å². The number of hydrogen-bond acceptors (Lipinski definition) is 3. The number of rotatable bonds is 1. The van der Waals surface area contributed by atoms with E-state index in [2.05, 4.69) is 18.0 Å². The molecule has 0 aliphatic carbocycles. The average molecular weight is 207 g/mol. The van der Waals surface area contributed by atoms with E-state index in [-0.39, 0.29) is 0 Å². The van der Waals surface area contributed by atoms with Gasteiger partial charge in [-0.05, 0) is 37.9 Å². The fourth-order valence-electron chi connectivity index (χ4n) is 2.81. The first-order valence-corrected chi connectivity index (χ1v) is 5.91. The molecule has 2 bridgehead atoms. The third kappa shape index (κ3) is 1.03. The number of thiophene rings is 1. The highest BCUT2D eigenvalue weighted by atomic mass is 32.1. The van der Waals surface area contributed by atoms with Crippen LogP contribution in [0.15, 0.2) is 6.07 Å². The zero-order valence-corrected chi connectivity index (χ0v) is 9.01. The molecule has 0 saturated carbocycles. The van der Waals surface area contributed by atoms with Gasteiger partial charge in [0.2, 0.25) is 0 Å². The fraction of sp³-hybridized carbons (Fsp3) is 0.545. The molecule has 0 spiro atoms. The van der Waals surface area contributed by atoms with E-state index in [1.807, 2.05) is 0 Å². The van der Waals surface area contributed by atoms with Crippen molar-refractivity contribution in [2.45, 2.75) is 31.3 Å². The van der Waals surface area contributed by atoms with Gasteiger partial charge < -0.3 is 0 Å². The number of aldehydes is 1. The molecule has 3 rings (SSSR count). The molecule has 14 heavy (non-hydrogen) atoms. The van der Waals surface area contributed by atoms with Crippen molar-refractivity contribution < 1.29 is 4.79 Å². The van der Waals surface area contributed by atoms with Crippen LogP contribution < -0.4 is 0 Å². The van der Waals surface area contributed by atoms with E-state index in [0.717, 1.165) is 23.6 Å². The number of hydrogen-bond donors (Lipinski definition) is 0. The van der Waals surface area contributed by atoms with Crippen molar-refractivity contribution in [3.63, 3.8) is 0 Å². The molecule has 2 nitrogen and oxygen atoms in total. The molecule has 2 aliphatic rings. The minimum atomic E-state index is 0.591. The minimum absolute atomic E-state index is 0.591. The molecule has 0 radical (unpaired) electrons. The molecule has 0 unspecified atom stereocenters. The van der Waals surface area contributed by atoms with E-state index in [0.29, 0.717) is 6.04 Å². The van der Waals surface area contributed by atoms with Crippen LogP contribution in [0.2, 0.25) is 0 Å². The van der Waals surface area contributed by atoms with Gasteiger partial charge in [0.15, 0.2) is 6.29 Å². The van der Waals surface area contributed by atoms with Gasteiger partial charge in [0.25, 0.3) is 0 Å². The van der Waals surface area contributed by atoms with Gasteiger partial charge >= 0.3 is 0 Å². The summed E-state index contributed by atoms with van der Waals surface area (Å²) in [7, 11) is 2.21. The van der Waals surface area contributed by atoms with Gasteiger partial charge in [-0.1, -0.05) is 0 Å². The molecule has 1 aromatic rings. The lowest BCUT2D eigenvalue weighted by molar-refractivity contribution is 0.112. The third-order valence-electron chi connectivity index (χ3n) is 3.60. The van der Waals surface area contributed by atoms with Gasteiger partial charge in [-0.2, -0.15) is 0 Å². The molecule has 0 N–H and O–H groups in total. The quantitative estimate of drug-likeness (QED) is 0.658. The Kier molecular flexibility index (Phi) is 1.79. The van der Waals surface area contributed by atoms with Crippen LogP contribution in [0.25, 0.3) is 0 Å². The number of fused-ring (bicyclic) bond motifs is 4. The second kappa shape index (κ2) is 2.91. The van der Waals surface area contributed by atoms with E-state index >= 15 is 0 Å². The Labute approximate surface area is 87.5 Å². The van der Waals surface area contributed by atoms with Crippen molar-refractivity contribution >= 4 is 17.6 Å². The summed E-state index contributed by atoms with van der Waals surface area (Å²) >= 11 is 1.69. The number of likely N-dealkylation sites (N-methyl/N-ethyl adjacent to an activating group) is 1. The molecule has 2 aliphatic heterocycles. The molecule has 74 valence electrons. The Morgan fingerprint density at radius 2 is 2.43 bits per heavy atom. The smallest absolute Gasteiger partial charge is 0.160 e. The lowest BCUT2D eigenvalue weighted by Crippen LogP contribution is -2.33. The van der Waals surface area contributed by atoms with Gasteiger partial charge in [-0.25, -0.2) is 0 Å². The van der Waals surface area contributed by atoms with E-state index in [4.69, 9.17) is 0 Å². The van der Waals surface area contributed by atoms with Gasteiger partial charge in [0, 0.05) is 17.0 Å². The zero-order valence-electron chi connectivity index (χ0n) is 8.19. The molecule has 0 aromatic carbocycles. The van der Waals surface area contributed by atoms with E-state index < -0.39 is 0 Å². The monoisotopic (exact) mass is 207 g/mol. The SMILES string of the molecule is CN1[C@H]2CC[C@H]1c1cc(C=O)sc1C2. The van der Waals surface area contributed by atoms with Crippen molar-refractivity contribution in [1.29, 1.82) is 0 Å². The number of carbonyl (C=O) groups excluding carboxylic acids is 1. The van der Waals surface area contributed by atoms with Crippen LogP contribution >= 0.6 is 11.3 Å². The molecule has 1 fully saturated rings. The Morgan fingerprint density at radius 1 is 1.57 bits per heavy atom. The van der Waals surface area contributed by atoms with Gasteiger partial charge in [0.05, 0.1) is 4.88 Å². The molecule has 1 saturated heterocycles. The summed E-state index contributed by atoms with van der Waals surface area (Å²) in [6.45, 7) is 0. The van der Waals surface area contributed by atoms with Crippen LogP contribution in [0, 0.1) is 0 Å². The second-order valence-electron chi connectivity index (χ2n) is 4.26. The summed E-state index contributed by atoms with van der Waals surface area (Å²) < 4.78 is 0. The largest absolute Gasteiger partial charge is 0.297 e. The van der Waals surface area contributed by atoms with Crippen LogP contribution in [-0.2, 0) is 6.42 Å². The highest BCUT2D eigenvalue weighted by molar-refractivity contribution is 7.13. The van der Waals surface area contributed by atoms with E-state index in [9.17, 15) is 4.79 Å². The van der Waals surface area contributed by atoms with Crippen LogP contribution in [0.4, 0.5) is 0 Å². The predicted molar refractivity (Wildman–Crippen MR) is 56.9 cm³/mol. The highest BCUT2D eigenvalue weighted by Gasteiger charge is 2.38. The number of nitrogens with zero attached hydrogens (tertiary/aromatic N) is 1. The molecular formula is C11H13NOS. The summed E-state index contributed by atoms with van der Waals surface area (Å²) in [4.78, 5) is 15.5. The predicted octanol–water partition coefficient (Wildman–Crippen LogP) is 2.25. The standard InChI is InChI=1S/C11H13NOS/c1-12-7-2-3-10(12)9-5-8(6-13)14-11(9)4-7/h5-7,10H,2-4H2,1H3/t7-,10-/m0/s1. The molecular weight excluding hydrogens is 194 g/mol. The zero-order chi connectivity index (χ0) is 9.71. The first kappa shape index (κ1) is 8.62. The lowest BCUT2D eigenvalue weighted by Gasteiger charge is -2.30. The third-order valence-corrected chi connectivity index (χ3v) is 4.70. The van der Waals surface area contributed by atoms with Crippen molar-refractivity contribution in [2.24, 2.45) is 0 Å². The van der Waals surface area contributed by atoms with E-state index in [1.54, 1.807) is 11.3 Å². The van der Waals surface area contributed by atoms with Crippen LogP contribution in [0.1, 0.15) is 39.0 Å². The second-order valence-corrected chi connectivity index (χ2v) is 5.43.